The number of hydrogen-bond donors (Lipinski definition) is 0. The fourth-order valence-corrected chi connectivity index (χ4v) is 3.00. The maximum Gasteiger partial charge on any atom is 0.417 e. The fraction of sp³-hybridized carbons (Fsp3) is 0.0952. The molecule has 144 valence electrons. The molecule has 0 fully saturated rings. The van der Waals surface area contributed by atoms with Crippen LogP contribution in [0, 0.1) is 0 Å². The van der Waals surface area contributed by atoms with E-state index in [4.69, 9.17) is 28.0 Å². The summed E-state index contributed by atoms with van der Waals surface area (Å²) in [5.74, 6) is 0. The zero-order valence-electron chi connectivity index (χ0n) is 14.4. The van der Waals surface area contributed by atoms with E-state index >= 15 is 0 Å². The minimum Gasteiger partial charge on any atom is -0.390 e. The van der Waals surface area contributed by atoms with Gasteiger partial charge in [0.25, 0.3) is 0 Å². The molecule has 0 spiro atoms. The second kappa shape index (κ2) is 8.67. The molecule has 3 rings (SSSR count). The SMILES string of the molecule is FC(F)(F)c1ccc(Cl)cc1/C(=N/OCc1cccc(Cl)c1)c1ccccc1. The minimum atomic E-state index is -4.57. The summed E-state index contributed by atoms with van der Waals surface area (Å²) in [4.78, 5) is 5.37. The van der Waals surface area contributed by atoms with Crippen molar-refractivity contribution in [2.45, 2.75) is 12.8 Å². The number of oxime groups is 1. The largest absolute Gasteiger partial charge is 0.417 e. The first-order valence-electron chi connectivity index (χ1n) is 8.21. The van der Waals surface area contributed by atoms with Crippen LogP contribution in [0.15, 0.2) is 78.0 Å². The van der Waals surface area contributed by atoms with E-state index in [1.807, 2.05) is 0 Å². The molecule has 0 radical (unpaired) electrons. The van der Waals surface area contributed by atoms with Gasteiger partial charge in [0.2, 0.25) is 0 Å². The van der Waals surface area contributed by atoms with Gasteiger partial charge in [0.1, 0.15) is 12.3 Å². The smallest absolute Gasteiger partial charge is 0.390 e. The Morgan fingerprint density at radius 2 is 1.57 bits per heavy atom. The number of rotatable bonds is 5. The Morgan fingerprint density at radius 1 is 0.857 bits per heavy atom. The van der Waals surface area contributed by atoms with Gasteiger partial charge in [-0.2, -0.15) is 13.2 Å². The Morgan fingerprint density at radius 3 is 2.25 bits per heavy atom. The van der Waals surface area contributed by atoms with E-state index in [2.05, 4.69) is 5.16 Å². The molecule has 0 unspecified atom stereocenters. The van der Waals surface area contributed by atoms with Crippen LogP contribution in [0.25, 0.3) is 0 Å². The van der Waals surface area contributed by atoms with Crippen molar-refractivity contribution >= 4 is 28.9 Å². The molecular formula is C21H14Cl2F3NO. The molecule has 0 aliphatic heterocycles. The molecule has 2 nitrogen and oxygen atoms in total. The lowest BCUT2D eigenvalue weighted by atomic mass is 9.97. The molecule has 0 saturated heterocycles. The predicted molar refractivity (Wildman–Crippen MR) is 105 cm³/mol. The van der Waals surface area contributed by atoms with Crippen LogP contribution in [0.5, 0.6) is 0 Å². The summed E-state index contributed by atoms with van der Waals surface area (Å²) in [6.45, 7) is 0.0544. The molecule has 0 aliphatic carbocycles. The maximum absolute atomic E-state index is 13.5. The van der Waals surface area contributed by atoms with E-state index in [1.165, 1.54) is 12.1 Å². The average molecular weight is 424 g/mol. The molecule has 0 N–H and O–H groups in total. The second-order valence-electron chi connectivity index (χ2n) is 5.90. The number of alkyl halides is 3. The molecule has 28 heavy (non-hydrogen) atoms. The Hall–Kier alpha value is -2.50. The Balaban J connectivity index is 2.03. The highest BCUT2D eigenvalue weighted by molar-refractivity contribution is 6.31. The maximum atomic E-state index is 13.5. The van der Waals surface area contributed by atoms with Crippen molar-refractivity contribution < 1.29 is 18.0 Å². The molecular weight excluding hydrogens is 410 g/mol. The van der Waals surface area contributed by atoms with E-state index in [9.17, 15) is 13.2 Å². The van der Waals surface area contributed by atoms with Gasteiger partial charge < -0.3 is 4.84 Å². The van der Waals surface area contributed by atoms with Gasteiger partial charge in [0, 0.05) is 21.2 Å². The van der Waals surface area contributed by atoms with Crippen LogP contribution in [0.4, 0.5) is 13.2 Å². The van der Waals surface area contributed by atoms with Gasteiger partial charge in [-0.1, -0.05) is 70.8 Å². The Labute approximate surface area is 170 Å². The Bertz CT molecular complexity index is 988. The van der Waals surface area contributed by atoms with Crippen LogP contribution in [0.2, 0.25) is 10.0 Å². The van der Waals surface area contributed by atoms with Crippen molar-refractivity contribution in [1.29, 1.82) is 0 Å². The molecule has 3 aromatic carbocycles. The van der Waals surface area contributed by atoms with Crippen molar-refractivity contribution in [1.82, 2.24) is 0 Å². The summed E-state index contributed by atoms with van der Waals surface area (Å²) < 4.78 is 40.6. The Kier molecular flexibility index (Phi) is 6.27. The van der Waals surface area contributed by atoms with Crippen LogP contribution in [0.3, 0.4) is 0 Å². The first-order valence-corrected chi connectivity index (χ1v) is 8.97. The summed E-state index contributed by atoms with van der Waals surface area (Å²) >= 11 is 11.9. The van der Waals surface area contributed by atoms with Gasteiger partial charge in [-0.15, -0.1) is 0 Å². The zero-order chi connectivity index (χ0) is 20.1. The normalized spacial score (nSPS) is 12.1. The van der Waals surface area contributed by atoms with Crippen LogP contribution in [-0.2, 0) is 17.6 Å². The zero-order valence-corrected chi connectivity index (χ0v) is 15.9. The van der Waals surface area contributed by atoms with Crippen LogP contribution in [-0.4, -0.2) is 5.71 Å². The van der Waals surface area contributed by atoms with Gasteiger partial charge >= 0.3 is 6.18 Å². The molecule has 0 amide bonds. The van der Waals surface area contributed by atoms with Gasteiger partial charge in [0.05, 0.1) is 5.56 Å². The lowest BCUT2D eigenvalue weighted by molar-refractivity contribution is -0.137. The summed E-state index contributed by atoms with van der Waals surface area (Å²) in [7, 11) is 0. The minimum absolute atomic E-state index is 0.0393. The molecule has 0 aliphatic rings. The summed E-state index contributed by atoms with van der Waals surface area (Å²) in [6.07, 6.45) is -4.57. The molecule has 0 bridgehead atoms. The molecule has 0 aromatic heterocycles. The summed E-state index contributed by atoms with van der Waals surface area (Å²) in [5.41, 5.74) is 0.257. The standard InChI is InChI=1S/C21H14Cl2F3NO/c22-16-8-4-5-14(11-16)13-28-27-20(15-6-2-1-3-7-15)18-12-17(23)9-10-19(18)21(24,25)26/h1-12H,13H2/b27-20+. The van der Waals surface area contributed by atoms with Crippen molar-refractivity contribution in [3.63, 3.8) is 0 Å². The average Bonchev–Trinajstić information content (AvgIpc) is 2.65. The third kappa shape index (κ3) is 5.06. The number of halogens is 5. The predicted octanol–water partition coefficient (Wildman–Crippen LogP) is 6.98. The molecule has 0 saturated carbocycles. The van der Waals surface area contributed by atoms with Crippen molar-refractivity contribution in [2.24, 2.45) is 5.16 Å². The summed E-state index contributed by atoms with van der Waals surface area (Å²) in [6, 6.07) is 18.8. The summed E-state index contributed by atoms with van der Waals surface area (Å²) in [5, 5.41) is 4.72. The van der Waals surface area contributed by atoms with Crippen LogP contribution in [0.1, 0.15) is 22.3 Å². The highest BCUT2D eigenvalue weighted by atomic mass is 35.5. The van der Waals surface area contributed by atoms with Gasteiger partial charge in [-0.25, -0.2) is 0 Å². The van der Waals surface area contributed by atoms with Crippen LogP contribution < -0.4 is 0 Å². The number of hydrogen-bond acceptors (Lipinski definition) is 2. The molecule has 3 aromatic rings. The van der Waals surface area contributed by atoms with Gasteiger partial charge in [-0.3, -0.25) is 0 Å². The van der Waals surface area contributed by atoms with Crippen molar-refractivity contribution in [2.75, 3.05) is 0 Å². The number of benzene rings is 3. The third-order valence-electron chi connectivity index (χ3n) is 3.87. The van der Waals surface area contributed by atoms with Crippen molar-refractivity contribution in [3.05, 3.63) is 105 Å². The second-order valence-corrected chi connectivity index (χ2v) is 6.77. The lowest BCUT2D eigenvalue weighted by Gasteiger charge is -2.15. The van der Waals surface area contributed by atoms with E-state index < -0.39 is 11.7 Å². The van der Waals surface area contributed by atoms with Crippen molar-refractivity contribution in [3.8, 4) is 0 Å². The first kappa shape index (κ1) is 20.2. The first-order chi connectivity index (χ1) is 13.3. The van der Waals surface area contributed by atoms with E-state index in [-0.39, 0.29) is 22.9 Å². The molecule has 0 atom stereocenters. The van der Waals surface area contributed by atoms with Gasteiger partial charge in [-0.05, 0) is 35.9 Å². The lowest BCUT2D eigenvalue weighted by Crippen LogP contribution is -2.15. The topological polar surface area (TPSA) is 21.6 Å². The van der Waals surface area contributed by atoms with E-state index in [1.54, 1.807) is 54.6 Å². The molecule has 0 heterocycles. The van der Waals surface area contributed by atoms with E-state index in [0.29, 0.717) is 10.6 Å². The van der Waals surface area contributed by atoms with E-state index in [0.717, 1.165) is 11.6 Å². The quantitative estimate of drug-likeness (QED) is 0.320. The monoisotopic (exact) mass is 423 g/mol. The number of nitrogens with zero attached hydrogens (tertiary/aromatic N) is 1. The third-order valence-corrected chi connectivity index (χ3v) is 4.34. The highest BCUT2D eigenvalue weighted by Gasteiger charge is 2.35. The fourth-order valence-electron chi connectivity index (χ4n) is 2.61. The van der Waals surface area contributed by atoms with Crippen LogP contribution >= 0.6 is 23.2 Å². The molecule has 7 heteroatoms. The van der Waals surface area contributed by atoms with Gasteiger partial charge in [0.15, 0.2) is 0 Å². The highest BCUT2D eigenvalue weighted by Crippen LogP contribution is 2.34.